The van der Waals surface area contributed by atoms with Crippen LogP contribution in [0.1, 0.15) is 49.7 Å². The first-order valence-electron chi connectivity index (χ1n) is 6.75. The highest BCUT2D eigenvalue weighted by atomic mass is 16.5. The van der Waals surface area contributed by atoms with Gasteiger partial charge in [-0.15, -0.1) is 0 Å². The normalized spacial score (nSPS) is 17.1. The van der Waals surface area contributed by atoms with Crippen LogP contribution in [0.5, 0.6) is 11.5 Å². The number of aromatic hydroxyl groups is 1. The van der Waals surface area contributed by atoms with E-state index in [2.05, 4.69) is 25.2 Å². The molecule has 1 aromatic rings. The zero-order valence-electron chi connectivity index (χ0n) is 11.5. The topological polar surface area (TPSA) is 41.5 Å². The fraction of sp³-hybridized carbons (Fsp3) is 0.600. The first-order chi connectivity index (χ1) is 8.65. The second kappa shape index (κ2) is 5.61. The molecule has 1 heterocycles. The van der Waals surface area contributed by atoms with Gasteiger partial charge in [-0.1, -0.05) is 19.9 Å². The molecule has 0 amide bonds. The standard InChI is InChI=1S/C15H23NO2/c1-10(2)12-4-5-13(18-3)15(17)14(12)11-6-8-16-9-7-11/h4-5,10-11,16-17H,6-9H2,1-3H3. The van der Waals surface area contributed by atoms with Crippen LogP contribution in [0.4, 0.5) is 0 Å². The molecule has 3 nitrogen and oxygen atoms in total. The molecule has 0 spiro atoms. The largest absolute Gasteiger partial charge is 0.504 e. The summed E-state index contributed by atoms with van der Waals surface area (Å²) in [5.41, 5.74) is 2.35. The van der Waals surface area contributed by atoms with E-state index >= 15 is 0 Å². The Bertz CT molecular complexity index is 409. The molecule has 18 heavy (non-hydrogen) atoms. The Kier molecular flexibility index (Phi) is 4.12. The summed E-state index contributed by atoms with van der Waals surface area (Å²) in [6.07, 6.45) is 2.17. The van der Waals surface area contributed by atoms with E-state index in [1.807, 2.05) is 6.07 Å². The highest BCUT2D eigenvalue weighted by Gasteiger charge is 2.24. The quantitative estimate of drug-likeness (QED) is 0.865. The maximum atomic E-state index is 10.4. The van der Waals surface area contributed by atoms with Crippen LogP contribution in [0.25, 0.3) is 0 Å². The van der Waals surface area contributed by atoms with E-state index in [0.29, 0.717) is 23.3 Å². The summed E-state index contributed by atoms with van der Waals surface area (Å²) < 4.78 is 5.25. The van der Waals surface area contributed by atoms with Crippen molar-refractivity contribution in [3.8, 4) is 11.5 Å². The molecule has 1 fully saturated rings. The van der Waals surface area contributed by atoms with Crippen molar-refractivity contribution in [3.05, 3.63) is 23.3 Å². The molecule has 0 radical (unpaired) electrons. The van der Waals surface area contributed by atoms with Crippen molar-refractivity contribution in [3.63, 3.8) is 0 Å². The predicted octanol–water partition coefficient (Wildman–Crippen LogP) is 2.99. The lowest BCUT2D eigenvalue weighted by molar-refractivity contribution is 0.361. The van der Waals surface area contributed by atoms with E-state index < -0.39 is 0 Å². The third kappa shape index (κ3) is 2.46. The maximum absolute atomic E-state index is 10.4. The van der Waals surface area contributed by atoms with E-state index in [1.54, 1.807) is 7.11 Å². The SMILES string of the molecule is COc1ccc(C(C)C)c(C2CCNCC2)c1O. The number of phenols is 1. The molecule has 2 N–H and O–H groups in total. The average molecular weight is 249 g/mol. The second-order valence-corrected chi connectivity index (χ2v) is 5.30. The molecule has 0 bridgehead atoms. The van der Waals surface area contributed by atoms with E-state index in [9.17, 15) is 5.11 Å². The second-order valence-electron chi connectivity index (χ2n) is 5.30. The first-order valence-corrected chi connectivity index (χ1v) is 6.75. The number of methoxy groups -OCH3 is 1. The van der Waals surface area contributed by atoms with Crippen molar-refractivity contribution in [2.75, 3.05) is 20.2 Å². The Morgan fingerprint density at radius 2 is 1.94 bits per heavy atom. The van der Waals surface area contributed by atoms with Gasteiger partial charge in [0.15, 0.2) is 11.5 Å². The number of phenolic OH excluding ortho intramolecular Hbond substituents is 1. The smallest absolute Gasteiger partial charge is 0.161 e. The summed E-state index contributed by atoms with van der Waals surface area (Å²) >= 11 is 0. The summed E-state index contributed by atoms with van der Waals surface area (Å²) in [7, 11) is 1.61. The minimum atomic E-state index is 0.343. The average Bonchev–Trinajstić information content (AvgIpc) is 2.39. The van der Waals surface area contributed by atoms with Gasteiger partial charge in [0.25, 0.3) is 0 Å². The van der Waals surface area contributed by atoms with Gasteiger partial charge in [-0.05, 0) is 49.4 Å². The van der Waals surface area contributed by atoms with Crippen molar-refractivity contribution in [2.24, 2.45) is 0 Å². The van der Waals surface area contributed by atoms with Gasteiger partial charge in [0.1, 0.15) is 0 Å². The fourth-order valence-corrected chi connectivity index (χ4v) is 2.81. The number of nitrogens with one attached hydrogen (secondary N) is 1. The molecule has 0 aromatic heterocycles. The van der Waals surface area contributed by atoms with Gasteiger partial charge >= 0.3 is 0 Å². The number of ether oxygens (including phenoxy) is 1. The van der Waals surface area contributed by atoms with Gasteiger partial charge in [-0.2, -0.15) is 0 Å². The highest BCUT2D eigenvalue weighted by Crippen LogP contribution is 2.42. The zero-order valence-corrected chi connectivity index (χ0v) is 11.5. The van der Waals surface area contributed by atoms with Crippen molar-refractivity contribution in [2.45, 2.75) is 38.5 Å². The van der Waals surface area contributed by atoms with Crippen LogP contribution in [0.3, 0.4) is 0 Å². The minimum absolute atomic E-state index is 0.343. The molecule has 0 atom stereocenters. The van der Waals surface area contributed by atoms with Crippen molar-refractivity contribution < 1.29 is 9.84 Å². The number of rotatable bonds is 3. The minimum Gasteiger partial charge on any atom is -0.504 e. The molecule has 1 saturated heterocycles. The Hall–Kier alpha value is -1.22. The molecule has 2 rings (SSSR count). The van der Waals surface area contributed by atoms with Gasteiger partial charge in [0.05, 0.1) is 7.11 Å². The highest BCUT2D eigenvalue weighted by molar-refractivity contribution is 5.52. The number of hydrogen-bond acceptors (Lipinski definition) is 3. The molecule has 0 aliphatic carbocycles. The summed E-state index contributed by atoms with van der Waals surface area (Å²) in [4.78, 5) is 0. The third-order valence-corrected chi connectivity index (χ3v) is 3.80. The molecule has 3 heteroatoms. The molecule has 1 aliphatic rings. The molecule has 100 valence electrons. The first kappa shape index (κ1) is 13.2. The Labute approximate surface area is 109 Å². The summed E-state index contributed by atoms with van der Waals surface area (Å²) in [6.45, 7) is 6.40. The number of benzene rings is 1. The van der Waals surface area contributed by atoms with Crippen molar-refractivity contribution >= 4 is 0 Å². The van der Waals surface area contributed by atoms with Crippen LogP contribution in [-0.4, -0.2) is 25.3 Å². The zero-order chi connectivity index (χ0) is 13.1. The van der Waals surface area contributed by atoms with E-state index in [-0.39, 0.29) is 0 Å². The van der Waals surface area contributed by atoms with Crippen LogP contribution < -0.4 is 10.1 Å². The summed E-state index contributed by atoms with van der Waals surface area (Å²) in [5.74, 6) is 1.80. The van der Waals surface area contributed by atoms with Crippen molar-refractivity contribution in [1.29, 1.82) is 0 Å². The van der Waals surface area contributed by atoms with E-state index in [1.165, 1.54) is 5.56 Å². The molecular weight excluding hydrogens is 226 g/mol. The molecule has 0 saturated carbocycles. The number of piperidine rings is 1. The summed E-state index contributed by atoms with van der Waals surface area (Å²) in [6, 6.07) is 3.97. The maximum Gasteiger partial charge on any atom is 0.161 e. The van der Waals surface area contributed by atoms with E-state index in [4.69, 9.17) is 4.74 Å². The van der Waals surface area contributed by atoms with Gasteiger partial charge in [-0.25, -0.2) is 0 Å². The lowest BCUT2D eigenvalue weighted by Gasteiger charge is -2.27. The monoisotopic (exact) mass is 249 g/mol. The Morgan fingerprint density at radius 1 is 1.28 bits per heavy atom. The van der Waals surface area contributed by atoms with Crippen LogP contribution >= 0.6 is 0 Å². The van der Waals surface area contributed by atoms with Crippen molar-refractivity contribution in [1.82, 2.24) is 5.32 Å². The third-order valence-electron chi connectivity index (χ3n) is 3.80. The van der Waals surface area contributed by atoms with E-state index in [0.717, 1.165) is 31.5 Å². The Balaban J connectivity index is 2.45. The lowest BCUT2D eigenvalue weighted by atomic mass is 9.83. The van der Waals surface area contributed by atoms with Gasteiger partial charge < -0.3 is 15.2 Å². The van der Waals surface area contributed by atoms with Crippen LogP contribution in [-0.2, 0) is 0 Å². The Morgan fingerprint density at radius 3 is 2.50 bits per heavy atom. The lowest BCUT2D eigenvalue weighted by Crippen LogP contribution is -2.27. The van der Waals surface area contributed by atoms with Crippen LogP contribution in [0.2, 0.25) is 0 Å². The van der Waals surface area contributed by atoms with Gasteiger partial charge in [0, 0.05) is 5.56 Å². The predicted molar refractivity (Wildman–Crippen MR) is 73.6 cm³/mol. The van der Waals surface area contributed by atoms with Crippen LogP contribution in [0, 0.1) is 0 Å². The van der Waals surface area contributed by atoms with Crippen LogP contribution in [0.15, 0.2) is 12.1 Å². The molecule has 1 aromatic carbocycles. The van der Waals surface area contributed by atoms with Gasteiger partial charge in [-0.3, -0.25) is 0 Å². The molecular formula is C15H23NO2. The molecule has 1 aliphatic heterocycles. The van der Waals surface area contributed by atoms with Gasteiger partial charge in [0.2, 0.25) is 0 Å². The molecule has 0 unspecified atom stereocenters. The fourth-order valence-electron chi connectivity index (χ4n) is 2.81. The summed E-state index contributed by atoms with van der Waals surface area (Å²) in [5, 5.41) is 13.8. The number of hydrogen-bond donors (Lipinski definition) is 2.